The Morgan fingerprint density at radius 2 is 0.955 bits per heavy atom. The van der Waals surface area contributed by atoms with Gasteiger partial charge in [-0.15, -0.1) is 0 Å². The first-order valence-corrected chi connectivity index (χ1v) is 5.19. The fourth-order valence-corrected chi connectivity index (χ4v) is 0.0786. The van der Waals surface area contributed by atoms with E-state index >= 15 is 0 Å². The van der Waals surface area contributed by atoms with Crippen LogP contribution in [0.1, 0.15) is 29.1 Å². The SMILES string of the molecule is CC(=O)O.CC(=O)O.CC(=O)O.CC(=O)O.NC=CCN.[H-].[K+]. The van der Waals surface area contributed by atoms with E-state index in [0.717, 1.165) is 27.7 Å². The summed E-state index contributed by atoms with van der Waals surface area (Å²) in [6.45, 7) is 4.87. The summed E-state index contributed by atoms with van der Waals surface area (Å²) in [5, 5.41) is 29.7. The number of rotatable bonds is 1. The van der Waals surface area contributed by atoms with Crippen molar-refractivity contribution in [3.05, 3.63) is 12.3 Å². The van der Waals surface area contributed by atoms with Gasteiger partial charge in [0.15, 0.2) is 0 Å². The number of carboxylic acids is 4. The maximum absolute atomic E-state index is 9.00. The molecule has 0 fully saturated rings. The largest absolute Gasteiger partial charge is 1.00 e. The number of nitrogens with two attached hydrogens (primary N) is 2. The molecule has 128 valence electrons. The summed E-state index contributed by atoms with van der Waals surface area (Å²) >= 11 is 0. The first-order chi connectivity index (χ1) is 9.34. The zero-order valence-electron chi connectivity index (χ0n) is 14.4. The Labute approximate surface area is 173 Å². The van der Waals surface area contributed by atoms with E-state index in [-0.39, 0.29) is 52.8 Å². The third kappa shape index (κ3) is 5980. The molecule has 0 saturated heterocycles. The van der Waals surface area contributed by atoms with E-state index in [1.54, 1.807) is 6.08 Å². The van der Waals surface area contributed by atoms with Crippen molar-refractivity contribution in [2.75, 3.05) is 6.54 Å². The summed E-state index contributed by atoms with van der Waals surface area (Å²) < 4.78 is 0. The molecule has 0 aliphatic carbocycles. The van der Waals surface area contributed by atoms with Gasteiger partial charge in [-0.1, -0.05) is 6.08 Å². The molecule has 0 heterocycles. The molecule has 0 aromatic carbocycles. The molecular weight excluding hydrogens is 327 g/mol. The van der Waals surface area contributed by atoms with E-state index in [2.05, 4.69) is 0 Å². The molecule has 0 aromatic heterocycles. The van der Waals surface area contributed by atoms with Gasteiger partial charge in [0.1, 0.15) is 0 Å². The summed E-state index contributed by atoms with van der Waals surface area (Å²) in [7, 11) is 0. The maximum Gasteiger partial charge on any atom is 1.00 e. The van der Waals surface area contributed by atoms with Crippen molar-refractivity contribution in [1.82, 2.24) is 0 Å². The van der Waals surface area contributed by atoms with Crippen molar-refractivity contribution in [1.29, 1.82) is 0 Å². The van der Waals surface area contributed by atoms with E-state index in [9.17, 15) is 0 Å². The van der Waals surface area contributed by atoms with Crippen LogP contribution in [0.2, 0.25) is 0 Å². The van der Waals surface area contributed by atoms with Crippen LogP contribution < -0.4 is 62.9 Å². The van der Waals surface area contributed by atoms with Gasteiger partial charge in [0.05, 0.1) is 0 Å². The van der Waals surface area contributed by atoms with Gasteiger partial charge < -0.3 is 33.3 Å². The maximum atomic E-state index is 9.00. The predicted molar refractivity (Wildman–Crippen MR) is 76.7 cm³/mol. The van der Waals surface area contributed by atoms with Gasteiger partial charge in [-0.3, -0.25) is 19.2 Å². The Morgan fingerprint density at radius 3 is 0.955 bits per heavy atom. The molecule has 0 rings (SSSR count). The molecule has 0 bridgehead atoms. The quantitative estimate of drug-likeness (QED) is 0.262. The molecule has 22 heavy (non-hydrogen) atoms. The molecule has 0 atom stereocenters. The molecule has 0 spiro atoms. The fraction of sp³-hybridized carbons (Fsp3) is 0.455. The second-order valence-electron chi connectivity index (χ2n) is 2.74. The predicted octanol–water partition coefficient (Wildman–Crippen LogP) is -3.10. The van der Waals surface area contributed by atoms with E-state index in [4.69, 9.17) is 51.1 Å². The van der Waals surface area contributed by atoms with Gasteiger partial charge in [0.2, 0.25) is 0 Å². The van der Waals surface area contributed by atoms with Crippen molar-refractivity contribution in [3.63, 3.8) is 0 Å². The van der Waals surface area contributed by atoms with Crippen molar-refractivity contribution in [3.8, 4) is 0 Å². The average molecular weight is 352 g/mol. The van der Waals surface area contributed by atoms with Crippen molar-refractivity contribution >= 4 is 23.9 Å². The van der Waals surface area contributed by atoms with E-state index < -0.39 is 23.9 Å². The van der Waals surface area contributed by atoms with E-state index in [1.165, 1.54) is 6.20 Å². The van der Waals surface area contributed by atoms with Crippen LogP contribution in [0.4, 0.5) is 0 Å². The third-order valence-corrected chi connectivity index (χ3v) is 0.272. The van der Waals surface area contributed by atoms with Crippen LogP contribution in [0.3, 0.4) is 0 Å². The van der Waals surface area contributed by atoms with Gasteiger partial charge in [-0.05, 0) is 6.20 Å². The van der Waals surface area contributed by atoms with Gasteiger partial charge >= 0.3 is 51.4 Å². The smallest absolute Gasteiger partial charge is 1.00 e. The number of carboxylic acid groups (broad SMARTS) is 4. The van der Waals surface area contributed by atoms with Crippen molar-refractivity contribution in [2.24, 2.45) is 11.5 Å². The summed E-state index contributed by atoms with van der Waals surface area (Å²) in [6.07, 6.45) is 3.11. The first kappa shape index (κ1) is 37.3. The van der Waals surface area contributed by atoms with Crippen LogP contribution >= 0.6 is 0 Å². The summed E-state index contributed by atoms with van der Waals surface area (Å²) in [4.78, 5) is 36.0. The Kier molecular flexibility index (Phi) is 62.5. The average Bonchev–Trinajstić information content (AvgIpc) is 2.14. The van der Waals surface area contributed by atoms with Gasteiger partial charge in [-0.25, -0.2) is 0 Å². The van der Waals surface area contributed by atoms with Crippen molar-refractivity contribution in [2.45, 2.75) is 27.7 Å². The molecule has 0 amide bonds. The van der Waals surface area contributed by atoms with Crippen LogP contribution in [0, 0.1) is 0 Å². The molecule has 0 saturated carbocycles. The molecule has 0 radical (unpaired) electrons. The van der Waals surface area contributed by atoms with Gasteiger partial charge in [0.25, 0.3) is 23.9 Å². The number of hydrogen-bond acceptors (Lipinski definition) is 6. The molecule has 0 unspecified atom stereocenters. The number of carbonyl (C=O) groups is 4. The Morgan fingerprint density at radius 1 is 0.818 bits per heavy atom. The van der Waals surface area contributed by atoms with Crippen LogP contribution in [0.5, 0.6) is 0 Å². The van der Waals surface area contributed by atoms with Gasteiger partial charge in [-0.2, -0.15) is 0 Å². The van der Waals surface area contributed by atoms with E-state index in [1.807, 2.05) is 0 Å². The summed E-state index contributed by atoms with van der Waals surface area (Å²) in [5.74, 6) is -3.33. The van der Waals surface area contributed by atoms with Crippen molar-refractivity contribution < 1.29 is 92.4 Å². The number of aliphatic carboxylic acids is 4. The van der Waals surface area contributed by atoms with Gasteiger partial charge in [0, 0.05) is 34.2 Å². The summed E-state index contributed by atoms with van der Waals surface area (Å²) in [6, 6.07) is 0. The minimum Gasteiger partial charge on any atom is -1.00 e. The molecule has 0 aromatic rings. The summed E-state index contributed by atoms with van der Waals surface area (Å²) in [5.41, 5.74) is 9.85. The molecule has 8 N–H and O–H groups in total. The molecule has 0 aliphatic heterocycles. The van der Waals surface area contributed by atoms with Crippen LogP contribution in [0.15, 0.2) is 12.3 Å². The third-order valence-electron chi connectivity index (χ3n) is 0.272. The zero-order valence-corrected chi connectivity index (χ0v) is 16.6. The van der Waals surface area contributed by atoms with E-state index in [0.29, 0.717) is 6.54 Å². The molecule has 11 heteroatoms. The van der Waals surface area contributed by atoms with Crippen LogP contribution in [-0.4, -0.2) is 50.8 Å². The molecular formula is C11H25KN2O8. The topological polar surface area (TPSA) is 201 Å². The second-order valence-corrected chi connectivity index (χ2v) is 2.74. The zero-order chi connectivity index (χ0) is 18.4. The molecule has 10 nitrogen and oxygen atoms in total. The Bertz CT molecular complexity index is 250. The monoisotopic (exact) mass is 352 g/mol. The minimum atomic E-state index is -0.833. The van der Waals surface area contributed by atoms with Crippen LogP contribution in [0.25, 0.3) is 0 Å². The second kappa shape index (κ2) is 36.8. The first-order valence-electron chi connectivity index (χ1n) is 5.19. The minimum absolute atomic E-state index is 0. The van der Waals surface area contributed by atoms with Crippen LogP contribution in [-0.2, 0) is 19.2 Å². The standard InChI is InChI=1S/C3H8N2.4C2H4O2.K.H/c4-2-1-3-5;4*1-2(3)4;;/h1-2H,3-5H2;4*1H3,(H,3,4);;/q;;;;;+1;-1. The number of hydrogen-bond donors (Lipinski definition) is 6. The Hall–Kier alpha value is -0.984. The fourth-order valence-electron chi connectivity index (χ4n) is 0.0786. The normalized spacial score (nSPS) is 6.77. The molecule has 0 aliphatic rings. The Balaban J connectivity index is -0.0000000273.